The Labute approximate surface area is 123 Å². The van der Waals surface area contributed by atoms with Crippen LogP contribution in [0.5, 0.6) is 0 Å². The maximum absolute atomic E-state index is 12.0. The van der Waals surface area contributed by atoms with Gasteiger partial charge in [0.25, 0.3) is 0 Å². The zero-order valence-corrected chi connectivity index (χ0v) is 12.3. The van der Waals surface area contributed by atoms with Crippen LogP contribution in [0.4, 0.5) is 5.69 Å². The van der Waals surface area contributed by atoms with Gasteiger partial charge in [-0.25, -0.2) is 4.79 Å². The van der Waals surface area contributed by atoms with Crippen LogP contribution in [0.2, 0.25) is 0 Å². The Morgan fingerprint density at radius 2 is 2.05 bits per heavy atom. The number of carbonyl (C=O) groups is 2. The average Bonchev–Trinajstić information content (AvgIpc) is 2.39. The third-order valence-corrected chi connectivity index (χ3v) is 4.60. The van der Waals surface area contributed by atoms with E-state index in [1.54, 1.807) is 19.1 Å². The number of nitrogens with one attached hydrogen (secondary N) is 1. The lowest BCUT2D eigenvalue weighted by Crippen LogP contribution is -2.19. The van der Waals surface area contributed by atoms with Crippen LogP contribution < -0.4 is 5.32 Å². The van der Waals surface area contributed by atoms with E-state index in [9.17, 15) is 9.59 Å². The van der Waals surface area contributed by atoms with Gasteiger partial charge in [0.05, 0.1) is 5.56 Å². The van der Waals surface area contributed by atoms with Crippen molar-refractivity contribution in [2.45, 2.75) is 26.2 Å². The van der Waals surface area contributed by atoms with E-state index < -0.39 is 5.97 Å². The van der Waals surface area contributed by atoms with Crippen molar-refractivity contribution in [3.8, 4) is 0 Å². The van der Waals surface area contributed by atoms with Crippen molar-refractivity contribution in [3.05, 3.63) is 29.3 Å². The number of rotatable bonds is 4. The first-order valence-corrected chi connectivity index (χ1v) is 7.93. The number of carboxylic acid groups (broad SMARTS) is 1. The number of amides is 1. The van der Waals surface area contributed by atoms with Crippen molar-refractivity contribution in [1.29, 1.82) is 0 Å². The molecule has 0 aliphatic carbocycles. The number of benzene rings is 1. The Morgan fingerprint density at radius 3 is 2.65 bits per heavy atom. The number of anilines is 1. The first-order chi connectivity index (χ1) is 9.56. The van der Waals surface area contributed by atoms with E-state index in [0.717, 1.165) is 24.3 Å². The van der Waals surface area contributed by atoms with Crippen molar-refractivity contribution in [1.82, 2.24) is 0 Å². The lowest BCUT2D eigenvalue weighted by Gasteiger charge is -2.20. The van der Waals surface area contributed by atoms with Crippen LogP contribution in [0.25, 0.3) is 0 Å². The molecule has 1 aliphatic heterocycles. The number of carboxylic acids is 1. The van der Waals surface area contributed by atoms with Gasteiger partial charge in [-0.2, -0.15) is 11.8 Å². The summed E-state index contributed by atoms with van der Waals surface area (Å²) in [6.45, 7) is 1.73. The van der Waals surface area contributed by atoms with E-state index in [2.05, 4.69) is 5.32 Å². The van der Waals surface area contributed by atoms with Crippen LogP contribution in [-0.2, 0) is 4.79 Å². The zero-order valence-electron chi connectivity index (χ0n) is 11.5. The Kier molecular flexibility index (Phi) is 5.06. The number of hydrogen-bond donors (Lipinski definition) is 2. The highest BCUT2D eigenvalue weighted by Gasteiger charge is 2.17. The number of aromatic carboxylic acids is 1. The maximum Gasteiger partial charge on any atom is 0.335 e. The topological polar surface area (TPSA) is 66.4 Å². The fourth-order valence-corrected chi connectivity index (χ4v) is 3.61. The van der Waals surface area contributed by atoms with Gasteiger partial charge in [0.1, 0.15) is 0 Å². The molecule has 2 rings (SSSR count). The molecule has 2 N–H and O–H groups in total. The summed E-state index contributed by atoms with van der Waals surface area (Å²) in [7, 11) is 0. The first-order valence-electron chi connectivity index (χ1n) is 6.78. The van der Waals surface area contributed by atoms with Gasteiger partial charge in [0.15, 0.2) is 0 Å². The summed E-state index contributed by atoms with van der Waals surface area (Å²) in [5.74, 6) is 1.84. The van der Waals surface area contributed by atoms with Crippen molar-refractivity contribution in [2.24, 2.45) is 5.92 Å². The quantitative estimate of drug-likeness (QED) is 0.895. The molecule has 1 saturated heterocycles. The minimum Gasteiger partial charge on any atom is -0.478 e. The van der Waals surface area contributed by atoms with E-state index in [1.165, 1.54) is 6.07 Å². The monoisotopic (exact) mass is 293 g/mol. The maximum atomic E-state index is 12.0. The molecule has 1 heterocycles. The van der Waals surface area contributed by atoms with Crippen LogP contribution in [0.3, 0.4) is 0 Å². The van der Waals surface area contributed by atoms with Gasteiger partial charge in [-0.05, 0) is 61.0 Å². The fraction of sp³-hybridized carbons (Fsp3) is 0.467. The third-order valence-electron chi connectivity index (χ3n) is 3.56. The van der Waals surface area contributed by atoms with E-state index in [4.69, 9.17) is 5.11 Å². The lowest BCUT2D eigenvalue weighted by atomic mass is 9.98. The predicted octanol–water partition coefficient (Wildman–Crippen LogP) is 3.17. The number of thioether (sulfide) groups is 1. The second-order valence-corrected chi connectivity index (χ2v) is 6.37. The standard InChI is InChI=1S/C15H19NO3S/c1-10-8-12(2-3-13(10)15(18)19)16-14(17)9-11-4-6-20-7-5-11/h2-3,8,11H,4-7,9H2,1H3,(H,16,17)(H,18,19). The summed E-state index contributed by atoms with van der Waals surface area (Å²) < 4.78 is 0. The van der Waals surface area contributed by atoms with Crippen molar-refractivity contribution in [2.75, 3.05) is 16.8 Å². The molecule has 1 fully saturated rings. The molecule has 1 aromatic rings. The van der Waals surface area contributed by atoms with Gasteiger partial charge >= 0.3 is 5.97 Å². The Balaban J connectivity index is 1.93. The molecule has 1 aromatic carbocycles. The second kappa shape index (κ2) is 6.79. The summed E-state index contributed by atoms with van der Waals surface area (Å²) in [6.07, 6.45) is 2.77. The molecular weight excluding hydrogens is 274 g/mol. The molecule has 0 atom stereocenters. The molecule has 5 heteroatoms. The first kappa shape index (κ1) is 14.9. The van der Waals surface area contributed by atoms with E-state index >= 15 is 0 Å². The van der Waals surface area contributed by atoms with Gasteiger partial charge in [-0.15, -0.1) is 0 Å². The van der Waals surface area contributed by atoms with Crippen molar-refractivity contribution >= 4 is 29.3 Å². The lowest BCUT2D eigenvalue weighted by molar-refractivity contribution is -0.117. The van der Waals surface area contributed by atoms with E-state index in [-0.39, 0.29) is 11.5 Å². The van der Waals surface area contributed by atoms with Gasteiger partial charge in [0.2, 0.25) is 5.91 Å². The minimum atomic E-state index is -0.944. The Morgan fingerprint density at radius 1 is 1.35 bits per heavy atom. The molecule has 20 heavy (non-hydrogen) atoms. The molecule has 0 spiro atoms. The molecule has 0 aromatic heterocycles. The molecular formula is C15H19NO3S. The number of hydrogen-bond acceptors (Lipinski definition) is 3. The summed E-state index contributed by atoms with van der Waals surface area (Å²) >= 11 is 1.95. The van der Waals surface area contributed by atoms with Crippen LogP contribution in [-0.4, -0.2) is 28.5 Å². The van der Waals surface area contributed by atoms with Crippen LogP contribution in [0, 0.1) is 12.8 Å². The molecule has 1 amide bonds. The SMILES string of the molecule is Cc1cc(NC(=O)CC2CCSCC2)ccc1C(=O)O. The molecule has 108 valence electrons. The molecule has 1 aliphatic rings. The van der Waals surface area contributed by atoms with Gasteiger partial charge in [-0.3, -0.25) is 4.79 Å². The highest BCUT2D eigenvalue weighted by Crippen LogP contribution is 2.25. The normalized spacial score (nSPS) is 15.8. The predicted molar refractivity (Wildman–Crippen MR) is 81.4 cm³/mol. The summed E-state index contributed by atoms with van der Waals surface area (Å²) in [6, 6.07) is 4.88. The molecule has 0 unspecified atom stereocenters. The minimum absolute atomic E-state index is 0.0179. The molecule has 4 nitrogen and oxygen atoms in total. The van der Waals surface area contributed by atoms with Crippen LogP contribution in [0.1, 0.15) is 35.2 Å². The van der Waals surface area contributed by atoms with Gasteiger partial charge in [-0.1, -0.05) is 0 Å². The number of aryl methyl sites for hydroxylation is 1. The second-order valence-electron chi connectivity index (χ2n) is 5.14. The fourth-order valence-electron chi connectivity index (χ4n) is 2.41. The summed E-state index contributed by atoms with van der Waals surface area (Å²) in [5, 5.41) is 11.8. The van der Waals surface area contributed by atoms with Crippen LogP contribution in [0.15, 0.2) is 18.2 Å². The van der Waals surface area contributed by atoms with Crippen molar-refractivity contribution in [3.63, 3.8) is 0 Å². The van der Waals surface area contributed by atoms with E-state index in [1.807, 2.05) is 11.8 Å². The van der Waals surface area contributed by atoms with E-state index in [0.29, 0.717) is 23.6 Å². The Bertz CT molecular complexity index is 510. The largest absolute Gasteiger partial charge is 0.478 e. The van der Waals surface area contributed by atoms with Crippen LogP contribution >= 0.6 is 11.8 Å². The average molecular weight is 293 g/mol. The summed E-state index contributed by atoms with van der Waals surface area (Å²) in [4.78, 5) is 22.9. The highest BCUT2D eigenvalue weighted by atomic mass is 32.2. The number of carbonyl (C=O) groups excluding carboxylic acids is 1. The molecule has 0 saturated carbocycles. The third kappa shape index (κ3) is 4.00. The molecule has 0 bridgehead atoms. The Hall–Kier alpha value is -1.49. The molecule has 0 radical (unpaired) electrons. The van der Waals surface area contributed by atoms with Gasteiger partial charge in [0, 0.05) is 12.1 Å². The van der Waals surface area contributed by atoms with Gasteiger partial charge < -0.3 is 10.4 Å². The van der Waals surface area contributed by atoms with Crippen molar-refractivity contribution < 1.29 is 14.7 Å². The zero-order chi connectivity index (χ0) is 14.5. The smallest absolute Gasteiger partial charge is 0.335 e. The summed E-state index contributed by atoms with van der Waals surface area (Å²) in [5.41, 5.74) is 1.60. The highest BCUT2D eigenvalue weighted by molar-refractivity contribution is 7.99.